The van der Waals surface area contributed by atoms with E-state index in [9.17, 15) is 4.79 Å². The number of nitrogens with one attached hydrogen (secondary N) is 2. The highest BCUT2D eigenvalue weighted by molar-refractivity contribution is 6.33. The minimum atomic E-state index is -0.466. The van der Waals surface area contributed by atoms with Crippen molar-refractivity contribution in [1.29, 1.82) is 0 Å². The van der Waals surface area contributed by atoms with Gasteiger partial charge in [0.2, 0.25) is 5.91 Å². The quantitative estimate of drug-likeness (QED) is 0.893. The lowest BCUT2D eigenvalue weighted by molar-refractivity contribution is -0.122. The third-order valence-corrected chi connectivity index (χ3v) is 4.03. The van der Waals surface area contributed by atoms with Gasteiger partial charge in [0.25, 0.3) is 0 Å². The lowest BCUT2D eigenvalue weighted by atomic mass is 9.93. The van der Waals surface area contributed by atoms with Crippen LogP contribution in [-0.2, 0) is 4.79 Å². The predicted molar refractivity (Wildman–Crippen MR) is 76.9 cm³/mol. The van der Waals surface area contributed by atoms with Crippen LogP contribution in [0.4, 0.5) is 5.69 Å². The fourth-order valence-corrected chi connectivity index (χ4v) is 2.60. The van der Waals surface area contributed by atoms with Gasteiger partial charge in [-0.15, -0.1) is 0 Å². The Hall–Kier alpha value is -1.26. The summed E-state index contributed by atoms with van der Waals surface area (Å²) in [5.41, 5.74) is 0.124. The van der Waals surface area contributed by atoms with Crippen molar-refractivity contribution < 1.29 is 9.53 Å². The molecule has 0 radical (unpaired) electrons. The van der Waals surface area contributed by atoms with E-state index in [-0.39, 0.29) is 5.91 Å². The molecule has 1 fully saturated rings. The summed E-state index contributed by atoms with van der Waals surface area (Å²) in [6.45, 7) is 2.90. The smallest absolute Gasteiger partial charge is 0.244 e. The summed E-state index contributed by atoms with van der Waals surface area (Å²) in [6, 6.07) is 5.22. The fraction of sp³-hybridized carbons (Fsp3) is 0.500. The Bertz CT molecular complexity index is 471. The molecule has 0 saturated carbocycles. The van der Waals surface area contributed by atoms with E-state index in [4.69, 9.17) is 16.3 Å². The van der Waals surface area contributed by atoms with Crippen LogP contribution >= 0.6 is 11.6 Å². The summed E-state index contributed by atoms with van der Waals surface area (Å²) in [5.74, 6) is 0.646. The van der Waals surface area contributed by atoms with Gasteiger partial charge in [0, 0.05) is 6.07 Å². The maximum absolute atomic E-state index is 12.4. The predicted octanol–water partition coefficient (Wildman–Crippen LogP) is 2.82. The summed E-state index contributed by atoms with van der Waals surface area (Å²) in [6.07, 6.45) is 2.64. The highest BCUT2D eigenvalue weighted by Gasteiger charge is 2.39. The number of halogens is 1. The zero-order valence-electron chi connectivity index (χ0n) is 11.3. The van der Waals surface area contributed by atoms with Crippen LogP contribution in [0.1, 0.15) is 26.2 Å². The topological polar surface area (TPSA) is 50.4 Å². The molecule has 2 rings (SSSR count). The van der Waals surface area contributed by atoms with Gasteiger partial charge >= 0.3 is 0 Å². The van der Waals surface area contributed by atoms with E-state index in [0.717, 1.165) is 25.8 Å². The van der Waals surface area contributed by atoms with Gasteiger partial charge in [0.05, 0.1) is 23.4 Å². The average Bonchev–Trinajstić information content (AvgIpc) is 2.91. The molecule has 1 amide bonds. The van der Waals surface area contributed by atoms with Crippen LogP contribution < -0.4 is 15.4 Å². The molecule has 0 bridgehead atoms. The van der Waals surface area contributed by atoms with E-state index in [1.807, 2.05) is 6.92 Å². The first-order valence-corrected chi connectivity index (χ1v) is 6.89. The Morgan fingerprint density at radius 1 is 1.58 bits per heavy atom. The van der Waals surface area contributed by atoms with Crippen LogP contribution in [0, 0.1) is 0 Å². The van der Waals surface area contributed by atoms with Crippen molar-refractivity contribution in [3.05, 3.63) is 23.2 Å². The van der Waals surface area contributed by atoms with Gasteiger partial charge in [-0.3, -0.25) is 4.79 Å². The molecule has 2 N–H and O–H groups in total. The van der Waals surface area contributed by atoms with Crippen molar-refractivity contribution in [3.63, 3.8) is 0 Å². The van der Waals surface area contributed by atoms with Crippen LogP contribution in [0.15, 0.2) is 18.2 Å². The van der Waals surface area contributed by atoms with Crippen molar-refractivity contribution in [2.24, 2.45) is 0 Å². The van der Waals surface area contributed by atoms with Crippen molar-refractivity contribution in [1.82, 2.24) is 5.32 Å². The van der Waals surface area contributed by atoms with Crippen LogP contribution in [-0.4, -0.2) is 25.1 Å². The first-order chi connectivity index (χ1) is 9.11. The van der Waals surface area contributed by atoms with E-state index >= 15 is 0 Å². The Kier molecular flexibility index (Phi) is 4.32. The number of rotatable bonds is 4. The summed E-state index contributed by atoms with van der Waals surface area (Å²) in [7, 11) is 1.58. The van der Waals surface area contributed by atoms with Crippen molar-refractivity contribution in [2.45, 2.75) is 31.7 Å². The Balaban J connectivity index is 2.18. The van der Waals surface area contributed by atoms with Gasteiger partial charge in [-0.2, -0.15) is 0 Å². The first kappa shape index (κ1) is 14.2. The molecule has 1 atom stereocenters. The van der Waals surface area contributed by atoms with Gasteiger partial charge in [-0.1, -0.05) is 18.5 Å². The molecule has 19 heavy (non-hydrogen) atoms. The number of hydrogen-bond acceptors (Lipinski definition) is 3. The second-order valence-corrected chi connectivity index (χ2v) is 5.17. The summed E-state index contributed by atoms with van der Waals surface area (Å²) in [5, 5.41) is 6.72. The second-order valence-electron chi connectivity index (χ2n) is 4.77. The fourth-order valence-electron chi connectivity index (χ4n) is 2.43. The van der Waals surface area contributed by atoms with Gasteiger partial charge in [0.1, 0.15) is 5.75 Å². The monoisotopic (exact) mass is 282 g/mol. The van der Waals surface area contributed by atoms with Gasteiger partial charge in [0.15, 0.2) is 0 Å². The van der Waals surface area contributed by atoms with Crippen LogP contribution in [0.2, 0.25) is 5.02 Å². The normalized spacial score (nSPS) is 22.3. The highest BCUT2D eigenvalue weighted by Crippen LogP contribution is 2.30. The van der Waals surface area contributed by atoms with Crippen molar-refractivity contribution in [3.8, 4) is 5.75 Å². The van der Waals surface area contributed by atoms with Gasteiger partial charge < -0.3 is 15.4 Å². The largest absolute Gasteiger partial charge is 0.497 e. The molecular formula is C14H19ClN2O2. The molecular weight excluding hydrogens is 264 g/mol. The average molecular weight is 283 g/mol. The number of anilines is 1. The molecule has 1 aliphatic heterocycles. The van der Waals surface area contributed by atoms with E-state index in [0.29, 0.717) is 16.5 Å². The molecule has 4 nitrogen and oxygen atoms in total. The zero-order chi connectivity index (χ0) is 13.9. The standard InChI is InChI=1S/C14H19ClN2O2/c1-3-14(7-4-8-16-14)13(18)17-12-9-10(19-2)5-6-11(12)15/h5-6,9,16H,3-4,7-8H2,1-2H3,(H,17,18). The first-order valence-electron chi connectivity index (χ1n) is 6.51. The summed E-state index contributed by atoms with van der Waals surface area (Å²) < 4.78 is 5.14. The molecule has 0 spiro atoms. The minimum Gasteiger partial charge on any atom is -0.497 e. The molecule has 5 heteroatoms. The maximum Gasteiger partial charge on any atom is 0.244 e. The molecule has 1 aliphatic rings. The number of methoxy groups -OCH3 is 1. The summed E-state index contributed by atoms with van der Waals surface area (Å²) >= 11 is 6.10. The minimum absolute atomic E-state index is 0.0253. The number of ether oxygens (including phenoxy) is 1. The van der Waals surface area contributed by atoms with Crippen LogP contribution in [0.5, 0.6) is 5.75 Å². The Morgan fingerprint density at radius 2 is 2.37 bits per heavy atom. The SMILES string of the molecule is CCC1(C(=O)Nc2cc(OC)ccc2Cl)CCCN1. The molecule has 0 aliphatic carbocycles. The molecule has 1 aromatic carbocycles. The van der Waals surface area contributed by atoms with Crippen molar-refractivity contribution >= 4 is 23.2 Å². The number of benzene rings is 1. The third-order valence-electron chi connectivity index (χ3n) is 3.70. The van der Waals surface area contributed by atoms with E-state index in [2.05, 4.69) is 10.6 Å². The van der Waals surface area contributed by atoms with E-state index < -0.39 is 5.54 Å². The number of carbonyl (C=O) groups is 1. The lowest BCUT2D eigenvalue weighted by Crippen LogP contribution is -2.50. The third kappa shape index (κ3) is 2.85. The van der Waals surface area contributed by atoms with Crippen LogP contribution in [0.3, 0.4) is 0 Å². The molecule has 1 unspecified atom stereocenters. The van der Waals surface area contributed by atoms with E-state index in [1.165, 1.54) is 0 Å². The molecule has 1 saturated heterocycles. The molecule has 104 valence electrons. The molecule has 1 aromatic rings. The number of hydrogen-bond donors (Lipinski definition) is 2. The maximum atomic E-state index is 12.4. The van der Waals surface area contributed by atoms with Gasteiger partial charge in [-0.05, 0) is 37.9 Å². The van der Waals surface area contributed by atoms with Crippen LogP contribution in [0.25, 0.3) is 0 Å². The van der Waals surface area contributed by atoms with Crippen molar-refractivity contribution in [2.75, 3.05) is 19.0 Å². The highest BCUT2D eigenvalue weighted by atomic mass is 35.5. The lowest BCUT2D eigenvalue weighted by Gasteiger charge is -2.27. The second kappa shape index (κ2) is 5.80. The number of amides is 1. The Morgan fingerprint density at radius 3 is 2.95 bits per heavy atom. The van der Waals surface area contributed by atoms with E-state index in [1.54, 1.807) is 25.3 Å². The zero-order valence-corrected chi connectivity index (χ0v) is 12.0. The molecule has 0 aromatic heterocycles. The molecule has 1 heterocycles. The van der Waals surface area contributed by atoms with Gasteiger partial charge in [-0.25, -0.2) is 0 Å². The summed E-state index contributed by atoms with van der Waals surface area (Å²) in [4.78, 5) is 12.4. The number of carbonyl (C=O) groups excluding carboxylic acids is 1. The Labute approximate surface area is 118 Å².